The molecule has 2 rings (SSSR count). The van der Waals surface area contributed by atoms with Crippen molar-refractivity contribution in [3.05, 3.63) is 54.9 Å². The van der Waals surface area contributed by atoms with Crippen molar-refractivity contribution in [2.45, 2.75) is 27.7 Å². The van der Waals surface area contributed by atoms with Crippen LogP contribution in [0.1, 0.15) is 31.9 Å². The van der Waals surface area contributed by atoms with Crippen molar-refractivity contribution < 1.29 is 4.79 Å². The maximum absolute atomic E-state index is 12.5. The number of carbonyl (C=O) groups excluding carboxylic acids is 1. The van der Waals surface area contributed by atoms with Crippen molar-refractivity contribution in [1.29, 1.82) is 5.26 Å². The lowest BCUT2D eigenvalue weighted by molar-refractivity contribution is -0.120. The second kappa shape index (κ2) is 6.58. The van der Waals surface area contributed by atoms with E-state index >= 15 is 0 Å². The van der Waals surface area contributed by atoms with Crippen LogP contribution >= 0.6 is 11.3 Å². The molecule has 2 aromatic rings. The third-order valence-electron chi connectivity index (χ3n) is 3.60. The monoisotopic (exact) mass is 340 g/mol. The minimum absolute atomic E-state index is 0.0380. The lowest BCUT2D eigenvalue weighted by atomic mass is 9.87. The zero-order valence-corrected chi connectivity index (χ0v) is 15.3. The van der Waals surface area contributed by atoms with Gasteiger partial charge in [0, 0.05) is 12.5 Å². The maximum atomic E-state index is 12.5. The molecule has 4 nitrogen and oxygen atoms in total. The van der Waals surface area contributed by atoms with Crippen molar-refractivity contribution in [2.75, 3.05) is 0 Å². The van der Waals surface area contributed by atoms with Crippen molar-refractivity contribution in [3.63, 3.8) is 0 Å². The number of hydrogen-bond acceptors (Lipinski definition) is 4. The van der Waals surface area contributed by atoms with E-state index in [4.69, 9.17) is 0 Å². The van der Waals surface area contributed by atoms with Crippen LogP contribution in [0, 0.1) is 23.7 Å². The van der Waals surface area contributed by atoms with Crippen LogP contribution in [0.15, 0.2) is 29.1 Å². The number of ketones is 1. The minimum atomic E-state index is -0.675. The Labute approximate surface area is 145 Å². The lowest BCUT2D eigenvalue weighted by Crippen LogP contribution is -2.32. The molecular weight excluding hydrogens is 320 g/mol. The number of thiazole rings is 1. The maximum Gasteiger partial charge on any atom is 0.268 e. The number of aromatic nitrogens is 1. The fourth-order valence-electron chi connectivity index (χ4n) is 2.27. The number of nitriles is 1. The molecule has 1 heterocycles. The average Bonchev–Trinajstić information content (AvgIpc) is 2.76. The molecular formula is C19H20N2O2S. The zero-order valence-electron chi connectivity index (χ0n) is 14.5. The zero-order chi connectivity index (χ0) is 18.1. The average molecular weight is 340 g/mol. The van der Waals surface area contributed by atoms with Gasteiger partial charge in [0.2, 0.25) is 0 Å². The van der Waals surface area contributed by atoms with E-state index in [1.807, 2.05) is 37.3 Å². The number of aryl methyl sites for hydroxylation is 1. The van der Waals surface area contributed by atoms with Crippen LogP contribution < -0.4 is 14.8 Å². The quantitative estimate of drug-likeness (QED) is 0.838. The molecule has 0 aliphatic heterocycles. The van der Waals surface area contributed by atoms with E-state index in [0.717, 1.165) is 11.1 Å². The van der Waals surface area contributed by atoms with E-state index in [-0.39, 0.29) is 16.9 Å². The SMILES string of the molecule is Cc1cccc(/C=c2\s/c(=C(/C#N)C(=O)C(C)(C)C)n(C)c2=O)c1. The number of rotatable bonds is 2. The van der Waals surface area contributed by atoms with Crippen molar-refractivity contribution in [3.8, 4) is 6.07 Å². The highest BCUT2D eigenvalue weighted by Gasteiger charge is 2.26. The molecule has 0 saturated carbocycles. The highest BCUT2D eigenvalue weighted by molar-refractivity contribution is 7.07. The van der Waals surface area contributed by atoms with Gasteiger partial charge in [-0.3, -0.25) is 9.59 Å². The molecule has 0 spiro atoms. The van der Waals surface area contributed by atoms with E-state index in [0.29, 0.717) is 9.20 Å². The fourth-order valence-corrected chi connectivity index (χ4v) is 3.35. The first-order valence-electron chi connectivity index (χ1n) is 7.58. The van der Waals surface area contributed by atoms with Gasteiger partial charge in [-0.25, -0.2) is 0 Å². The van der Waals surface area contributed by atoms with Crippen LogP contribution in [-0.2, 0) is 11.8 Å². The molecule has 0 aliphatic rings. The number of carbonyl (C=O) groups is 1. The first-order valence-corrected chi connectivity index (χ1v) is 8.40. The summed E-state index contributed by atoms with van der Waals surface area (Å²) in [6.07, 6.45) is 1.79. The van der Waals surface area contributed by atoms with E-state index in [1.54, 1.807) is 33.9 Å². The van der Waals surface area contributed by atoms with Crippen LogP contribution in [0.25, 0.3) is 11.6 Å². The predicted molar refractivity (Wildman–Crippen MR) is 97.0 cm³/mol. The van der Waals surface area contributed by atoms with Crippen LogP contribution in [0.5, 0.6) is 0 Å². The van der Waals surface area contributed by atoms with Gasteiger partial charge in [0.15, 0.2) is 5.78 Å². The summed E-state index contributed by atoms with van der Waals surface area (Å²) >= 11 is 1.18. The van der Waals surface area contributed by atoms with E-state index < -0.39 is 5.41 Å². The summed E-state index contributed by atoms with van der Waals surface area (Å²) in [5, 5.41) is 9.44. The number of hydrogen-bond donors (Lipinski definition) is 0. The van der Waals surface area contributed by atoms with Crippen molar-refractivity contribution in [2.24, 2.45) is 12.5 Å². The van der Waals surface area contributed by atoms with Crippen LogP contribution in [-0.4, -0.2) is 10.4 Å². The van der Waals surface area contributed by atoms with E-state index in [1.165, 1.54) is 15.9 Å². The second-order valence-electron chi connectivity index (χ2n) is 6.76. The van der Waals surface area contributed by atoms with Gasteiger partial charge in [-0.1, -0.05) is 50.6 Å². The summed E-state index contributed by atoms with van der Waals surface area (Å²) in [7, 11) is 1.59. The minimum Gasteiger partial charge on any atom is -0.301 e. The molecule has 24 heavy (non-hydrogen) atoms. The summed E-state index contributed by atoms with van der Waals surface area (Å²) in [4.78, 5) is 25.0. The normalized spacial score (nSPS) is 13.6. The molecule has 1 aromatic heterocycles. The Hall–Kier alpha value is -2.45. The first kappa shape index (κ1) is 17.9. The summed E-state index contributed by atoms with van der Waals surface area (Å²) in [5.41, 5.74) is 1.18. The first-order chi connectivity index (χ1) is 11.1. The number of nitrogens with zero attached hydrogens (tertiary/aromatic N) is 2. The second-order valence-corrected chi connectivity index (χ2v) is 7.79. The van der Waals surface area contributed by atoms with Gasteiger partial charge in [-0.15, -0.1) is 11.3 Å². The van der Waals surface area contributed by atoms with E-state index in [2.05, 4.69) is 0 Å². The number of Topliss-reactive ketones (excluding diaryl/α,β-unsaturated/α-hetero) is 1. The van der Waals surface area contributed by atoms with Gasteiger partial charge < -0.3 is 4.57 Å². The Balaban J connectivity index is 2.77. The van der Waals surface area contributed by atoms with E-state index in [9.17, 15) is 14.9 Å². The molecule has 124 valence electrons. The van der Waals surface area contributed by atoms with Crippen LogP contribution in [0.2, 0.25) is 0 Å². The largest absolute Gasteiger partial charge is 0.301 e. The molecule has 0 radical (unpaired) electrons. The Kier molecular flexibility index (Phi) is 4.91. The van der Waals surface area contributed by atoms with Gasteiger partial charge in [-0.05, 0) is 18.6 Å². The molecule has 0 fully saturated rings. The standard InChI is InChI=1S/C19H20N2O2S/c1-12-7-6-8-13(9-12)10-15-17(23)21(5)18(24-15)14(11-20)16(22)19(2,3)4/h6-10H,1-5H3/b15-10-,18-14-. The molecule has 1 aromatic carbocycles. The third-order valence-corrected chi connectivity index (χ3v) is 4.78. The van der Waals surface area contributed by atoms with Gasteiger partial charge in [0.1, 0.15) is 16.3 Å². The number of benzene rings is 1. The Bertz CT molecular complexity index is 1010. The summed E-state index contributed by atoms with van der Waals surface area (Å²) in [5.74, 6) is -0.260. The highest BCUT2D eigenvalue weighted by Crippen LogP contribution is 2.19. The van der Waals surface area contributed by atoms with Gasteiger partial charge in [-0.2, -0.15) is 5.26 Å². The fraction of sp³-hybridized carbons (Fsp3) is 0.316. The molecule has 0 saturated heterocycles. The van der Waals surface area contributed by atoms with Crippen LogP contribution in [0.4, 0.5) is 0 Å². The molecule has 0 N–H and O–H groups in total. The third kappa shape index (κ3) is 3.55. The summed E-state index contributed by atoms with van der Waals surface area (Å²) < 4.78 is 2.29. The summed E-state index contributed by atoms with van der Waals surface area (Å²) in [6, 6.07) is 9.79. The Morgan fingerprint density at radius 3 is 2.54 bits per heavy atom. The van der Waals surface area contributed by atoms with Crippen LogP contribution in [0.3, 0.4) is 0 Å². The Morgan fingerprint density at radius 1 is 1.33 bits per heavy atom. The van der Waals surface area contributed by atoms with Crippen molar-refractivity contribution >= 4 is 28.8 Å². The topological polar surface area (TPSA) is 62.9 Å². The van der Waals surface area contributed by atoms with Crippen molar-refractivity contribution in [1.82, 2.24) is 4.57 Å². The lowest BCUT2D eigenvalue weighted by Gasteiger charge is -2.15. The van der Waals surface area contributed by atoms with Gasteiger partial charge >= 0.3 is 0 Å². The Morgan fingerprint density at radius 2 is 2.00 bits per heavy atom. The summed E-state index contributed by atoms with van der Waals surface area (Å²) in [6.45, 7) is 7.27. The smallest absolute Gasteiger partial charge is 0.268 e. The van der Waals surface area contributed by atoms with Gasteiger partial charge in [0.05, 0.1) is 4.53 Å². The molecule has 0 bridgehead atoms. The molecule has 5 heteroatoms. The molecule has 0 atom stereocenters. The molecule has 0 unspecified atom stereocenters. The molecule has 0 aliphatic carbocycles. The predicted octanol–water partition coefficient (Wildman–Crippen LogP) is 1.87. The molecule has 0 amide bonds. The van der Waals surface area contributed by atoms with Gasteiger partial charge in [0.25, 0.3) is 5.56 Å². The highest BCUT2D eigenvalue weighted by atomic mass is 32.1.